The van der Waals surface area contributed by atoms with Crippen LogP contribution in [-0.2, 0) is 30.4 Å². The monoisotopic (exact) mass is 1250 g/mol. The van der Waals surface area contributed by atoms with Crippen molar-refractivity contribution >= 4 is 17.0 Å². The van der Waals surface area contributed by atoms with Crippen LogP contribution in [0, 0.1) is 29.1 Å². The first-order valence-corrected chi connectivity index (χ1v) is 35.1. The largest absolute Gasteiger partial charge is 0.507 e. The molecule has 0 radical (unpaired) electrons. The summed E-state index contributed by atoms with van der Waals surface area (Å²) in [6.45, 7) is 6.33. The molecule has 3 fully saturated rings. The van der Waals surface area contributed by atoms with Crippen LogP contribution in [0.1, 0.15) is 185 Å². The summed E-state index contributed by atoms with van der Waals surface area (Å²) in [7, 11) is 0. The number of hydrogen-bond acceptors (Lipinski definition) is 13. The fraction of sp³-hybridized carbons (Fsp3) is 0.538. The quantitative estimate of drug-likeness (QED) is 0.0186. The number of phenolic OH excluding ortho intramolecular Hbond substituents is 2. The molecule has 10 N–H and O–H groups in total. The second-order valence-corrected chi connectivity index (χ2v) is 29.1. The number of aromatic nitrogens is 1. The van der Waals surface area contributed by atoms with Crippen LogP contribution in [0.15, 0.2) is 96.7 Å². The van der Waals surface area contributed by atoms with E-state index in [1.54, 1.807) is 6.07 Å². The van der Waals surface area contributed by atoms with Crippen molar-refractivity contribution in [2.45, 2.75) is 202 Å². The number of aromatic amines is 1. The van der Waals surface area contributed by atoms with Crippen LogP contribution in [0.25, 0.3) is 28.1 Å². The van der Waals surface area contributed by atoms with Gasteiger partial charge in [0.15, 0.2) is 17.6 Å². The van der Waals surface area contributed by atoms with E-state index in [1.807, 2.05) is 24.4 Å². The molecule has 14 heteroatoms. The van der Waals surface area contributed by atoms with Gasteiger partial charge in [0.05, 0.1) is 25.5 Å². The molecule has 9 unspecified atom stereocenters. The lowest BCUT2D eigenvalue weighted by Crippen LogP contribution is -2.62. The van der Waals surface area contributed by atoms with E-state index in [0.717, 1.165) is 119 Å². The van der Waals surface area contributed by atoms with Crippen LogP contribution in [-0.4, -0.2) is 112 Å². The SMILES string of the molecule is CC(C)CC(O)(CNCNC1C#CCC(CO)Oc2cc(ccc2O)C2Oc3c(c4c(c5c3CCC(CO)O5)-c3ccc(O)c5c3C(C4)C(c3ccc4[nH]ccc4c3)C(CNCCCc3ccccc3)=C5)CC12OCNC1CCCC2(CCCC2)C1)C1CCCCC1. The van der Waals surface area contributed by atoms with Crippen LogP contribution >= 0.6 is 0 Å². The molecular weight excluding hydrogens is 1150 g/mol. The molecule has 92 heavy (non-hydrogen) atoms. The highest BCUT2D eigenvalue weighted by Gasteiger charge is 2.56. The lowest BCUT2D eigenvalue weighted by molar-refractivity contribution is -0.145. The third-order valence-electron chi connectivity index (χ3n) is 22.6. The van der Waals surface area contributed by atoms with Gasteiger partial charge in [0.25, 0.3) is 0 Å². The van der Waals surface area contributed by atoms with Gasteiger partial charge in [-0.25, -0.2) is 0 Å². The molecule has 9 atom stereocenters. The maximum absolute atomic E-state index is 12.7. The summed E-state index contributed by atoms with van der Waals surface area (Å²) in [5.74, 6) is 9.36. The first kappa shape index (κ1) is 63.0. The van der Waals surface area contributed by atoms with Crippen LogP contribution in [0.2, 0.25) is 0 Å². The number of H-pyrrole nitrogens is 1. The van der Waals surface area contributed by atoms with Gasteiger partial charge >= 0.3 is 0 Å². The van der Waals surface area contributed by atoms with Gasteiger partial charge in [-0.2, -0.15) is 0 Å². The number of aliphatic hydroxyl groups excluding tert-OH is 2. The molecule has 2 bridgehead atoms. The van der Waals surface area contributed by atoms with Crippen molar-refractivity contribution in [3.63, 3.8) is 0 Å². The van der Waals surface area contributed by atoms with Crippen LogP contribution in [0.5, 0.6) is 28.7 Å². The minimum absolute atomic E-state index is 0.0554. The summed E-state index contributed by atoms with van der Waals surface area (Å²) in [6, 6.07) is 28.5. The number of phenols is 2. The number of hydrogen-bond donors (Lipinski definition) is 10. The molecule has 14 rings (SSSR count). The predicted octanol–water partition coefficient (Wildman–Crippen LogP) is 12.5. The summed E-state index contributed by atoms with van der Waals surface area (Å²) < 4.78 is 29.5. The molecule has 5 aromatic carbocycles. The molecule has 3 saturated carbocycles. The molecule has 0 saturated heterocycles. The Hall–Kier alpha value is -6.38. The van der Waals surface area contributed by atoms with E-state index in [4.69, 9.17) is 18.9 Å². The Balaban J connectivity index is 0.919. The maximum Gasteiger partial charge on any atom is 0.161 e. The highest BCUT2D eigenvalue weighted by molar-refractivity contribution is 5.90. The number of rotatable bonds is 21. The molecular formula is C78H97N5O9. The van der Waals surface area contributed by atoms with E-state index in [9.17, 15) is 25.5 Å². The highest BCUT2D eigenvalue weighted by Crippen LogP contribution is 2.62. The van der Waals surface area contributed by atoms with E-state index in [0.29, 0.717) is 68.9 Å². The average molecular weight is 1250 g/mol. The van der Waals surface area contributed by atoms with Crippen molar-refractivity contribution < 1.29 is 44.5 Å². The Kier molecular flexibility index (Phi) is 18.6. The topological polar surface area (TPSA) is 202 Å². The number of aromatic hydroxyl groups is 2. The third kappa shape index (κ3) is 12.5. The highest BCUT2D eigenvalue weighted by atomic mass is 16.6. The Morgan fingerprint density at radius 1 is 0.783 bits per heavy atom. The number of benzene rings is 5. The molecule has 5 aliphatic carbocycles. The predicted molar refractivity (Wildman–Crippen MR) is 361 cm³/mol. The van der Waals surface area contributed by atoms with Gasteiger partial charge in [0.1, 0.15) is 41.1 Å². The lowest BCUT2D eigenvalue weighted by atomic mass is 9.62. The van der Waals surface area contributed by atoms with Gasteiger partial charge in [0.2, 0.25) is 0 Å². The summed E-state index contributed by atoms with van der Waals surface area (Å²) in [5.41, 5.74) is 10.6. The molecule has 4 heterocycles. The van der Waals surface area contributed by atoms with Gasteiger partial charge in [-0.15, -0.1) is 0 Å². The first-order valence-electron chi connectivity index (χ1n) is 35.1. The van der Waals surface area contributed by atoms with Crippen LogP contribution in [0.3, 0.4) is 0 Å². The fourth-order valence-electron chi connectivity index (χ4n) is 18.2. The zero-order chi connectivity index (χ0) is 63.0. The first-order chi connectivity index (χ1) is 44.9. The normalized spacial score (nSPS) is 26.1. The Morgan fingerprint density at radius 2 is 1.60 bits per heavy atom. The fourth-order valence-corrected chi connectivity index (χ4v) is 18.2. The molecule has 3 aliphatic heterocycles. The minimum Gasteiger partial charge on any atom is -0.507 e. The zero-order valence-corrected chi connectivity index (χ0v) is 54.1. The number of nitrogens with one attached hydrogen (secondary N) is 5. The zero-order valence-electron chi connectivity index (χ0n) is 54.1. The molecule has 1 spiro atoms. The summed E-state index contributed by atoms with van der Waals surface area (Å²) in [5, 5.41) is 75.1. The number of aliphatic hydroxyl groups is 3. The van der Waals surface area contributed by atoms with Crippen molar-refractivity contribution in [1.29, 1.82) is 0 Å². The minimum atomic E-state index is -1.29. The van der Waals surface area contributed by atoms with E-state index in [2.05, 4.69) is 119 Å². The number of fused-ring (bicyclic) bond motifs is 12. The number of aryl methyl sites for hydroxylation is 1. The molecule has 6 aromatic rings. The van der Waals surface area contributed by atoms with Crippen molar-refractivity contribution in [2.24, 2.45) is 17.3 Å². The summed E-state index contributed by atoms with van der Waals surface area (Å²) in [6.07, 6.45) is 22.4. The molecule has 14 nitrogen and oxygen atoms in total. The molecule has 0 amide bonds. The van der Waals surface area contributed by atoms with Crippen molar-refractivity contribution in [1.82, 2.24) is 26.3 Å². The second kappa shape index (κ2) is 27.2. The number of ether oxygens (including phenoxy) is 4. The summed E-state index contributed by atoms with van der Waals surface area (Å²) in [4.78, 5) is 3.44. The van der Waals surface area contributed by atoms with E-state index >= 15 is 0 Å². The smallest absolute Gasteiger partial charge is 0.161 e. The van der Waals surface area contributed by atoms with Crippen molar-refractivity contribution in [3.8, 4) is 51.7 Å². The van der Waals surface area contributed by atoms with Gasteiger partial charge < -0.3 is 60.1 Å². The van der Waals surface area contributed by atoms with Crippen molar-refractivity contribution in [2.75, 3.05) is 46.2 Å². The third-order valence-corrected chi connectivity index (χ3v) is 22.6. The second-order valence-electron chi connectivity index (χ2n) is 29.1. The van der Waals surface area contributed by atoms with E-state index in [-0.39, 0.29) is 67.4 Å². The maximum atomic E-state index is 12.7. The molecule has 8 aliphatic rings. The van der Waals surface area contributed by atoms with Crippen LogP contribution < -0.4 is 35.5 Å². The van der Waals surface area contributed by atoms with E-state index in [1.165, 1.54) is 61.6 Å². The Bertz CT molecular complexity index is 3690. The van der Waals surface area contributed by atoms with Gasteiger partial charge in [-0.1, -0.05) is 113 Å². The van der Waals surface area contributed by atoms with Crippen molar-refractivity contribution in [3.05, 3.63) is 141 Å². The average Bonchev–Trinajstić information content (AvgIpc) is 0.698. The van der Waals surface area contributed by atoms with E-state index < -0.39 is 35.6 Å². The van der Waals surface area contributed by atoms with Gasteiger partial charge in [-0.05, 0) is 200 Å². The van der Waals surface area contributed by atoms with Gasteiger partial charge in [-0.3, -0.25) is 10.6 Å². The molecule has 488 valence electrons. The Labute approximate surface area is 543 Å². The molecule has 1 aromatic heterocycles. The Morgan fingerprint density at radius 3 is 2.42 bits per heavy atom. The lowest BCUT2D eigenvalue weighted by Gasteiger charge is -2.50. The van der Waals surface area contributed by atoms with Crippen LogP contribution in [0.4, 0.5) is 0 Å². The standard InChI is InChI=1S/C78H97N5O9/c1-49(2)40-77(88,55-17-7-4-8-18-55)46-80-47-82-69-21-11-20-57(44-84)90-68-38-53(23-28-67(68)87)75-78(69,89-48-83-56-19-12-33-76(41-56)31-9-10-32-76)42-64-61-39-63-70(52-22-27-65-51(36-52)30-35-81-65)54(43-79-34-13-16-50-14-5-3-6-15-50)37-62-66(86)29-26-59(71(62)63)72(61)74-60(73(64)92-75)25-24-58(45-85)91-74/h3,5-6,14-15,22-23,26-30,35-38,49,55-58,63,69-70,75,79-88H,4,7-10,12-13,16-20,24-25,31-34,39-48H2,1-2H3. The summed E-state index contributed by atoms with van der Waals surface area (Å²) >= 11 is 0. The van der Waals surface area contributed by atoms with Gasteiger partial charge in [0, 0.05) is 78.5 Å².